The van der Waals surface area contributed by atoms with Gasteiger partial charge < -0.3 is 10.6 Å². The summed E-state index contributed by atoms with van der Waals surface area (Å²) >= 11 is 5.99. The number of amides is 1. The molecule has 1 unspecified atom stereocenters. The summed E-state index contributed by atoms with van der Waals surface area (Å²) < 4.78 is 0. The molecular formula is C12H15ClN2O. The number of hydrogen-bond donors (Lipinski definition) is 2. The number of carbonyl (C=O) groups is 1. The number of anilines is 1. The van der Waals surface area contributed by atoms with Gasteiger partial charge in [-0.25, -0.2) is 0 Å². The average Bonchev–Trinajstić information content (AvgIpc) is 2.77. The van der Waals surface area contributed by atoms with E-state index < -0.39 is 0 Å². The molecule has 1 aliphatic heterocycles. The molecule has 0 radical (unpaired) electrons. The fourth-order valence-corrected chi connectivity index (χ4v) is 1.99. The van der Waals surface area contributed by atoms with Crippen LogP contribution >= 0.6 is 11.6 Å². The molecule has 1 atom stereocenters. The first-order chi connectivity index (χ1) is 7.66. The van der Waals surface area contributed by atoms with Crippen LogP contribution in [0.5, 0.6) is 0 Å². The van der Waals surface area contributed by atoms with Gasteiger partial charge in [-0.05, 0) is 44.0 Å². The summed E-state index contributed by atoms with van der Waals surface area (Å²) in [6.07, 6.45) is 1.97. The molecular weight excluding hydrogens is 224 g/mol. The van der Waals surface area contributed by atoms with Crippen LogP contribution in [0.2, 0.25) is 5.02 Å². The zero-order valence-corrected chi connectivity index (χ0v) is 9.97. The van der Waals surface area contributed by atoms with Crippen molar-refractivity contribution in [3.05, 3.63) is 28.8 Å². The number of halogens is 1. The highest BCUT2D eigenvalue weighted by Gasteiger charge is 2.21. The van der Waals surface area contributed by atoms with Crippen molar-refractivity contribution in [2.24, 2.45) is 0 Å². The molecule has 0 saturated carbocycles. The van der Waals surface area contributed by atoms with Crippen molar-refractivity contribution in [3.63, 3.8) is 0 Å². The first kappa shape index (κ1) is 11.4. The van der Waals surface area contributed by atoms with Crippen molar-refractivity contribution in [1.29, 1.82) is 0 Å². The Morgan fingerprint density at radius 2 is 2.38 bits per heavy atom. The first-order valence-corrected chi connectivity index (χ1v) is 5.85. The predicted molar refractivity (Wildman–Crippen MR) is 65.8 cm³/mol. The topological polar surface area (TPSA) is 41.1 Å². The lowest BCUT2D eigenvalue weighted by molar-refractivity contribution is -0.117. The minimum Gasteiger partial charge on any atom is -0.325 e. The van der Waals surface area contributed by atoms with E-state index in [-0.39, 0.29) is 11.9 Å². The van der Waals surface area contributed by atoms with Gasteiger partial charge in [0.1, 0.15) is 0 Å². The van der Waals surface area contributed by atoms with Crippen molar-refractivity contribution in [1.82, 2.24) is 5.32 Å². The molecule has 1 fully saturated rings. The second-order valence-electron chi connectivity index (χ2n) is 4.10. The van der Waals surface area contributed by atoms with Crippen LogP contribution in [0.15, 0.2) is 18.2 Å². The second-order valence-corrected chi connectivity index (χ2v) is 4.51. The van der Waals surface area contributed by atoms with Crippen LogP contribution in [-0.4, -0.2) is 18.5 Å². The van der Waals surface area contributed by atoms with Crippen molar-refractivity contribution >= 4 is 23.2 Å². The van der Waals surface area contributed by atoms with Gasteiger partial charge in [-0.3, -0.25) is 4.79 Å². The largest absolute Gasteiger partial charge is 0.325 e. The fourth-order valence-electron chi connectivity index (χ4n) is 1.81. The van der Waals surface area contributed by atoms with E-state index in [1.54, 1.807) is 6.07 Å². The Balaban J connectivity index is 2.02. The maximum Gasteiger partial charge on any atom is 0.241 e. The molecule has 2 rings (SSSR count). The molecule has 1 aromatic rings. The van der Waals surface area contributed by atoms with Gasteiger partial charge in [-0.1, -0.05) is 17.7 Å². The van der Waals surface area contributed by atoms with E-state index in [2.05, 4.69) is 10.6 Å². The number of aryl methyl sites for hydroxylation is 1. The van der Waals surface area contributed by atoms with Gasteiger partial charge in [-0.2, -0.15) is 0 Å². The Morgan fingerprint density at radius 3 is 3.00 bits per heavy atom. The number of carbonyl (C=O) groups excluding carboxylic acids is 1. The quantitative estimate of drug-likeness (QED) is 0.831. The third-order valence-corrected chi connectivity index (χ3v) is 3.22. The molecule has 1 saturated heterocycles. The lowest BCUT2D eigenvalue weighted by atomic mass is 10.2. The van der Waals surface area contributed by atoms with Crippen LogP contribution < -0.4 is 10.6 Å². The van der Waals surface area contributed by atoms with E-state index >= 15 is 0 Å². The van der Waals surface area contributed by atoms with Crippen LogP contribution in [-0.2, 0) is 4.79 Å². The molecule has 3 nitrogen and oxygen atoms in total. The average molecular weight is 239 g/mol. The third-order valence-electron chi connectivity index (χ3n) is 2.82. The van der Waals surface area contributed by atoms with Gasteiger partial charge in [0.25, 0.3) is 0 Å². The van der Waals surface area contributed by atoms with Crippen LogP contribution in [0.1, 0.15) is 18.4 Å². The predicted octanol–water partition coefficient (Wildman–Crippen LogP) is 2.34. The molecule has 0 spiro atoms. The lowest BCUT2D eigenvalue weighted by Gasteiger charge is -2.11. The van der Waals surface area contributed by atoms with Gasteiger partial charge in [0.2, 0.25) is 5.91 Å². The number of benzene rings is 1. The summed E-state index contributed by atoms with van der Waals surface area (Å²) in [5, 5.41) is 6.70. The van der Waals surface area contributed by atoms with E-state index in [4.69, 9.17) is 11.6 Å². The Hall–Kier alpha value is -1.06. The highest BCUT2D eigenvalue weighted by atomic mass is 35.5. The highest BCUT2D eigenvalue weighted by Crippen LogP contribution is 2.20. The molecule has 1 aliphatic rings. The molecule has 2 N–H and O–H groups in total. The van der Waals surface area contributed by atoms with E-state index in [0.29, 0.717) is 5.02 Å². The van der Waals surface area contributed by atoms with Gasteiger partial charge in [-0.15, -0.1) is 0 Å². The Labute approximate surface area is 100 Å². The monoisotopic (exact) mass is 238 g/mol. The number of nitrogens with one attached hydrogen (secondary N) is 2. The van der Waals surface area contributed by atoms with Gasteiger partial charge >= 0.3 is 0 Å². The summed E-state index contributed by atoms with van der Waals surface area (Å²) in [6, 6.07) is 5.50. The van der Waals surface area contributed by atoms with Crippen molar-refractivity contribution in [3.8, 4) is 0 Å². The number of hydrogen-bond acceptors (Lipinski definition) is 2. The van der Waals surface area contributed by atoms with E-state index in [9.17, 15) is 4.79 Å². The van der Waals surface area contributed by atoms with E-state index in [1.807, 2.05) is 19.1 Å². The van der Waals surface area contributed by atoms with Crippen molar-refractivity contribution < 1.29 is 4.79 Å². The Morgan fingerprint density at radius 1 is 1.56 bits per heavy atom. The van der Waals surface area contributed by atoms with Crippen LogP contribution in [0.4, 0.5) is 5.69 Å². The lowest BCUT2D eigenvalue weighted by Crippen LogP contribution is -2.35. The number of rotatable bonds is 2. The Bertz CT molecular complexity index is 400. The maximum absolute atomic E-state index is 11.8. The zero-order valence-electron chi connectivity index (χ0n) is 9.22. The Kier molecular flexibility index (Phi) is 3.46. The van der Waals surface area contributed by atoms with Gasteiger partial charge in [0, 0.05) is 10.7 Å². The second kappa shape index (κ2) is 4.85. The third kappa shape index (κ3) is 2.54. The van der Waals surface area contributed by atoms with E-state index in [0.717, 1.165) is 30.6 Å². The summed E-state index contributed by atoms with van der Waals surface area (Å²) in [5.74, 6) is 0.0254. The van der Waals surface area contributed by atoms with Crippen molar-refractivity contribution in [2.45, 2.75) is 25.8 Å². The van der Waals surface area contributed by atoms with Crippen LogP contribution in [0.3, 0.4) is 0 Å². The minimum atomic E-state index is -0.0555. The highest BCUT2D eigenvalue weighted by molar-refractivity contribution is 6.31. The molecule has 4 heteroatoms. The molecule has 0 bridgehead atoms. The van der Waals surface area contributed by atoms with Gasteiger partial charge in [0.15, 0.2) is 0 Å². The van der Waals surface area contributed by atoms with Crippen molar-refractivity contribution in [2.75, 3.05) is 11.9 Å². The van der Waals surface area contributed by atoms with Crippen LogP contribution in [0, 0.1) is 6.92 Å². The summed E-state index contributed by atoms with van der Waals surface area (Å²) in [4.78, 5) is 11.8. The molecule has 1 amide bonds. The molecule has 86 valence electrons. The molecule has 0 aromatic heterocycles. The summed E-state index contributed by atoms with van der Waals surface area (Å²) in [6.45, 7) is 2.86. The minimum absolute atomic E-state index is 0.0254. The normalized spacial score (nSPS) is 19.8. The summed E-state index contributed by atoms with van der Waals surface area (Å²) in [5.41, 5.74) is 1.77. The fraction of sp³-hybridized carbons (Fsp3) is 0.417. The standard InChI is InChI=1S/C12H15ClN2O/c1-8-4-5-9(7-10(8)13)15-12(16)11-3-2-6-14-11/h4-5,7,11,14H,2-3,6H2,1H3,(H,15,16). The van der Waals surface area contributed by atoms with E-state index in [1.165, 1.54) is 0 Å². The smallest absolute Gasteiger partial charge is 0.241 e. The zero-order chi connectivity index (χ0) is 11.5. The SMILES string of the molecule is Cc1ccc(NC(=O)C2CCCN2)cc1Cl. The summed E-state index contributed by atoms with van der Waals surface area (Å²) in [7, 11) is 0. The molecule has 0 aliphatic carbocycles. The molecule has 1 aromatic carbocycles. The van der Waals surface area contributed by atoms with Crippen LogP contribution in [0.25, 0.3) is 0 Å². The molecule has 1 heterocycles. The first-order valence-electron chi connectivity index (χ1n) is 5.47. The maximum atomic E-state index is 11.8. The van der Waals surface area contributed by atoms with Gasteiger partial charge in [0.05, 0.1) is 6.04 Å². The molecule has 16 heavy (non-hydrogen) atoms.